The van der Waals surface area contributed by atoms with Crippen LogP contribution in [0, 0.1) is 5.92 Å². The molecule has 0 bridgehead atoms. The molecule has 1 rings (SSSR count). The Morgan fingerprint density at radius 3 is 2.73 bits per heavy atom. The number of rotatable bonds is 2. The Kier molecular flexibility index (Phi) is 3.90. The van der Waals surface area contributed by atoms with Gasteiger partial charge >= 0.3 is 0 Å². The van der Waals surface area contributed by atoms with Gasteiger partial charge in [-0.05, 0) is 5.92 Å². The Labute approximate surface area is 92.8 Å². The highest BCUT2D eigenvalue weighted by molar-refractivity contribution is 6.29. The van der Waals surface area contributed by atoms with Crippen LogP contribution in [-0.4, -0.2) is 41.5 Å². The van der Waals surface area contributed by atoms with E-state index < -0.39 is 11.5 Å². The van der Waals surface area contributed by atoms with Gasteiger partial charge < -0.3 is 10.2 Å². The van der Waals surface area contributed by atoms with Gasteiger partial charge in [0.05, 0.1) is 6.04 Å². The van der Waals surface area contributed by atoms with Crippen LogP contribution < -0.4 is 5.32 Å². The van der Waals surface area contributed by atoms with Crippen LogP contribution in [0.2, 0.25) is 0 Å². The topological polar surface area (TPSA) is 49.4 Å². The summed E-state index contributed by atoms with van der Waals surface area (Å²) in [5.41, 5.74) is -2.07. The first-order valence-corrected chi connectivity index (χ1v) is 5.22. The van der Waals surface area contributed by atoms with Gasteiger partial charge in [0, 0.05) is 6.54 Å². The van der Waals surface area contributed by atoms with Crippen molar-refractivity contribution in [3.05, 3.63) is 0 Å². The van der Waals surface area contributed by atoms with Crippen molar-refractivity contribution in [3.8, 4) is 0 Å². The molecule has 0 aromatic rings. The summed E-state index contributed by atoms with van der Waals surface area (Å²) in [5, 5.41) is 2.64. The van der Waals surface area contributed by atoms with Crippen molar-refractivity contribution in [1.29, 1.82) is 0 Å². The highest BCUT2D eigenvalue weighted by Crippen LogP contribution is 2.16. The summed E-state index contributed by atoms with van der Waals surface area (Å²) in [5.74, 6) is -0.965. The second-order valence-corrected chi connectivity index (χ2v) is 4.27. The Morgan fingerprint density at radius 1 is 1.67 bits per heavy atom. The van der Waals surface area contributed by atoms with Gasteiger partial charge in [0.25, 0.3) is 11.5 Å². The molecule has 15 heavy (non-hydrogen) atoms. The highest BCUT2D eigenvalue weighted by Gasteiger charge is 2.34. The minimum atomic E-state index is -2.07. The Hall–Kier alpha value is -0.840. The van der Waals surface area contributed by atoms with Gasteiger partial charge in [-0.15, -0.1) is 0 Å². The molecule has 4 nitrogen and oxygen atoms in total. The lowest BCUT2D eigenvalue weighted by Gasteiger charge is -2.37. The zero-order chi connectivity index (χ0) is 11.6. The Morgan fingerprint density at radius 2 is 2.27 bits per heavy atom. The minimum absolute atomic E-state index is 0.116. The zero-order valence-corrected chi connectivity index (χ0v) is 9.42. The van der Waals surface area contributed by atoms with Crippen molar-refractivity contribution < 1.29 is 14.0 Å². The average molecular weight is 237 g/mol. The lowest BCUT2D eigenvalue weighted by atomic mass is 10.0. The largest absolute Gasteiger partial charge is 0.352 e. The molecule has 1 N–H and O–H groups in total. The fourth-order valence-corrected chi connectivity index (χ4v) is 1.74. The number of carbonyl (C=O) groups is 2. The molecule has 0 radical (unpaired) electrons. The van der Waals surface area contributed by atoms with Gasteiger partial charge in [0.1, 0.15) is 6.54 Å². The number of hydrogen-bond acceptors (Lipinski definition) is 2. The summed E-state index contributed by atoms with van der Waals surface area (Å²) in [6, 6.07) is -0.188. The minimum Gasteiger partial charge on any atom is -0.352 e. The van der Waals surface area contributed by atoms with Crippen LogP contribution in [0.3, 0.4) is 0 Å². The summed E-state index contributed by atoms with van der Waals surface area (Å²) < 4.78 is 12.7. The molecule has 1 saturated heterocycles. The van der Waals surface area contributed by atoms with E-state index in [1.54, 1.807) is 0 Å². The van der Waals surface area contributed by atoms with Crippen molar-refractivity contribution >= 4 is 23.4 Å². The number of nitrogens with one attached hydrogen (secondary N) is 1. The second-order valence-electron chi connectivity index (χ2n) is 3.88. The third kappa shape index (κ3) is 2.81. The highest BCUT2D eigenvalue weighted by atomic mass is 35.5. The fraction of sp³-hybridized carbons (Fsp3) is 0.778. The molecule has 0 saturated carbocycles. The Bertz CT molecular complexity index is 271. The first-order chi connectivity index (χ1) is 6.93. The van der Waals surface area contributed by atoms with Gasteiger partial charge in [0.2, 0.25) is 5.91 Å². The van der Waals surface area contributed by atoms with E-state index in [1.165, 1.54) is 4.90 Å². The van der Waals surface area contributed by atoms with Gasteiger partial charge in [-0.3, -0.25) is 9.59 Å². The molecular formula is C9H14ClFN2O2. The summed E-state index contributed by atoms with van der Waals surface area (Å²) in [7, 11) is 0. The van der Waals surface area contributed by atoms with Crippen molar-refractivity contribution in [2.24, 2.45) is 5.92 Å². The second kappa shape index (κ2) is 4.79. The number of hydrogen-bond donors (Lipinski definition) is 1. The molecule has 0 spiro atoms. The van der Waals surface area contributed by atoms with Crippen LogP contribution in [0.1, 0.15) is 13.8 Å². The van der Waals surface area contributed by atoms with Gasteiger partial charge in [-0.1, -0.05) is 25.4 Å². The van der Waals surface area contributed by atoms with Crippen LogP contribution in [0.4, 0.5) is 4.39 Å². The Balaban J connectivity index is 2.79. The van der Waals surface area contributed by atoms with Crippen molar-refractivity contribution in [1.82, 2.24) is 10.2 Å². The molecule has 2 amide bonds. The summed E-state index contributed by atoms with van der Waals surface area (Å²) in [6.07, 6.45) is 0. The zero-order valence-electron chi connectivity index (χ0n) is 8.67. The first kappa shape index (κ1) is 12.2. The van der Waals surface area contributed by atoms with Crippen LogP contribution in [0.25, 0.3) is 0 Å². The predicted octanol–water partition coefficient (Wildman–Crippen LogP) is 0.504. The van der Waals surface area contributed by atoms with E-state index in [0.717, 1.165) is 0 Å². The average Bonchev–Trinajstić information content (AvgIpc) is 2.15. The molecule has 2 unspecified atom stereocenters. The summed E-state index contributed by atoms with van der Waals surface area (Å²) >= 11 is 5.09. The molecule has 2 atom stereocenters. The van der Waals surface area contributed by atoms with Crippen LogP contribution >= 0.6 is 11.6 Å². The molecule has 86 valence electrons. The monoisotopic (exact) mass is 236 g/mol. The third-order valence-corrected chi connectivity index (χ3v) is 2.65. The van der Waals surface area contributed by atoms with Gasteiger partial charge in [-0.25, -0.2) is 4.39 Å². The van der Waals surface area contributed by atoms with E-state index >= 15 is 0 Å². The normalized spacial score (nSPS) is 23.9. The van der Waals surface area contributed by atoms with Crippen molar-refractivity contribution in [2.75, 3.05) is 13.1 Å². The molecule has 1 heterocycles. The van der Waals surface area contributed by atoms with Crippen LogP contribution in [0.5, 0.6) is 0 Å². The number of piperazine rings is 1. The number of alkyl halides is 2. The number of halogens is 2. The summed E-state index contributed by atoms with van der Waals surface area (Å²) in [6.45, 7) is 4.05. The molecular weight excluding hydrogens is 223 g/mol. The quantitative estimate of drug-likeness (QED) is 0.710. The lowest BCUT2D eigenvalue weighted by molar-refractivity contribution is -0.144. The van der Waals surface area contributed by atoms with Crippen LogP contribution in [-0.2, 0) is 9.59 Å². The van der Waals surface area contributed by atoms with Crippen molar-refractivity contribution in [2.45, 2.75) is 25.5 Å². The number of amides is 2. The van der Waals surface area contributed by atoms with E-state index in [-0.39, 0.29) is 24.4 Å². The standard InChI is InChI=1S/C9H14ClFN2O2/c1-5(2)6-3-12-7(14)4-13(6)9(15)8(10)11/h5-6,8H,3-4H2,1-2H3,(H,12,14). The molecule has 0 aromatic heterocycles. The van der Waals surface area contributed by atoms with Gasteiger partial charge in [-0.2, -0.15) is 0 Å². The first-order valence-electron chi connectivity index (χ1n) is 4.78. The lowest BCUT2D eigenvalue weighted by Crippen LogP contribution is -2.59. The van der Waals surface area contributed by atoms with E-state index in [9.17, 15) is 14.0 Å². The fourth-order valence-electron chi connectivity index (χ4n) is 1.62. The molecule has 0 aromatic carbocycles. The summed E-state index contributed by atoms with van der Waals surface area (Å²) in [4.78, 5) is 23.7. The molecule has 0 aliphatic carbocycles. The number of carbonyl (C=O) groups excluding carboxylic acids is 2. The van der Waals surface area contributed by atoms with E-state index in [0.29, 0.717) is 6.54 Å². The molecule has 1 fully saturated rings. The smallest absolute Gasteiger partial charge is 0.273 e. The van der Waals surface area contributed by atoms with Gasteiger partial charge in [0.15, 0.2) is 0 Å². The van der Waals surface area contributed by atoms with Crippen molar-refractivity contribution in [3.63, 3.8) is 0 Å². The SMILES string of the molecule is CC(C)C1CNC(=O)CN1C(=O)C(F)Cl. The maximum absolute atomic E-state index is 12.7. The van der Waals surface area contributed by atoms with E-state index in [1.807, 2.05) is 13.8 Å². The molecule has 6 heteroatoms. The molecule has 1 aliphatic rings. The molecule has 1 aliphatic heterocycles. The number of nitrogens with zero attached hydrogens (tertiary/aromatic N) is 1. The maximum Gasteiger partial charge on any atom is 0.273 e. The van der Waals surface area contributed by atoms with Crippen LogP contribution in [0.15, 0.2) is 0 Å². The van der Waals surface area contributed by atoms with E-state index in [2.05, 4.69) is 5.32 Å². The predicted molar refractivity (Wildman–Crippen MR) is 54.1 cm³/mol. The third-order valence-electron chi connectivity index (χ3n) is 2.46. The maximum atomic E-state index is 12.7. The van der Waals surface area contributed by atoms with E-state index in [4.69, 9.17) is 11.6 Å².